The number of anilines is 1. The summed E-state index contributed by atoms with van der Waals surface area (Å²) in [6.07, 6.45) is 1.30. The van der Waals surface area contributed by atoms with E-state index in [9.17, 15) is 26.8 Å². The van der Waals surface area contributed by atoms with E-state index >= 15 is 0 Å². The van der Waals surface area contributed by atoms with Crippen molar-refractivity contribution < 1.29 is 26.8 Å². The minimum absolute atomic E-state index is 0.0325. The van der Waals surface area contributed by atoms with Crippen molar-refractivity contribution in [2.24, 2.45) is 0 Å². The molecule has 0 aliphatic heterocycles. The number of hydrogen-bond acceptors (Lipinski definition) is 4. The second-order valence-corrected chi connectivity index (χ2v) is 11.5. The molecule has 0 spiro atoms. The fraction of sp³-hybridized carbons (Fsp3) is 0.333. The molecule has 40 heavy (non-hydrogen) atoms. The van der Waals surface area contributed by atoms with Gasteiger partial charge < -0.3 is 10.2 Å². The standard InChI is InChI=1S/C30H35F2N3O4S/c1-4-33-30(37)28(19-23-12-6-5-7-13-23)34(21-24-14-9-8-11-22(24)2)29(36)15-10-18-35(40(3,38)39)25-16-17-26(31)27(32)20-25/h5-9,11-14,16-17,20,28H,4,10,15,18-19,21H2,1-3H3,(H,33,37). The van der Waals surface area contributed by atoms with Crippen molar-refractivity contribution >= 4 is 27.5 Å². The third-order valence-corrected chi connectivity index (χ3v) is 7.76. The summed E-state index contributed by atoms with van der Waals surface area (Å²) in [7, 11) is -3.84. The molecule has 214 valence electrons. The van der Waals surface area contributed by atoms with E-state index in [1.165, 1.54) is 6.07 Å². The van der Waals surface area contributed by atoms with Crippen LogP contribution in [0.5, 0.6) is 0 Å². The van der Waals surface area contributed by atoms with Gasteiger partial charge in [-0.2, -0.15) is 0 Å². The molecule has 0 aliphatic carbocycles. The molecule has 0 saturated carbocycles. The molecule has 0 fully saturated rings. The molecular weight excluding hydrogens is 536 g/mol. The molecule has 1 atom stereocenters. The van der Waals surface area contributed by atoms with E-state index in [4.69, 9.17) is 0 Å². The first-order valence-electron chi connectivity index (χ1n) is 13.1. The molecule has 0 aliphatic rings. The van der Waals surface area contributed by atoms with E-state index < -0.39 is 27.7 Å². The predicted molar refractivity (Wildman–Crippen MR) is 152 cm³/mol. The number of benzene rings is 3. The Labute approximate surface area is 234 Å². The number of nitrogens with one attached hydrogen (secondary N) is 1. The van der Waals surface area contributed by atoms with Crippen molar-refractivity contribution in [3.8, 4) is 0 Å². The molecule has 10 heteroatoms. The zero-order valence-corrected chi connectivity index (χ0v) is 23.8. The van der Waals surface area contributed by atoms with E-state index in [0.29, 0.717) is 13.0 Å². The van der Waals surface area contributed by atoms with Crippen molar-refractivity contribution in [3.63, 3.8) is 0 Å². The molecule has 0 heterocycles. The van der Waals surface area contributed by atoms with Crippen LogP contribution in [-0.2, 0) is 32.6 Å². The largest absolute Gasteiger partial charge is 0.355 e. The van der Waals surface area contributed by atoms with Gasteiger partial charge in [-0.25, -0.2) is 17.2 Å². The van der Waals surface area contributed by atoms with Gasteiger partial charge in [-0.05, 0) is 49.1 Å². The first-order valence-corrected chi connectivity index (χ1v) is 14.9. The summed E-state index contributed by atoms with van der Waals surface area (Å²) in [5.41, 5.74) is 2.71. The van der Waals surface area contributed by atoms with Crippen LogP contribution in [0.25, 0.3) is 0 Å². The van der Waals surface area contributed by atoms with Gasteiger partial charge in [0.2, 0.25) is 21.8 Å². The molecule has 1 unspecified atom stereocenters. The normalized spacial score (nSPS) is 12.0. The molecule has 3 aromatic carbocycles. The number of nitrogens with zero attached hydrogens (tertiary/aromatic N) is 2. The van der Waals surface area contributed by atoms with E-state index in [1.54, 1.807) is 4.90 Å². The highest BCUT2D eigenvalue weighted by atomic mass is 32.2. The maximum Gasteiger partial charge on any atom is 0.243 e. The Kier molecular flexibility index (Phi) is 10.8. The minimum Gasteiger partial charge on any atom is -0.355 e. The van der Waals surface area contributed by atoms with Crippen LogP contribution in [0.1, 0.15) is 36.5 Å². The molecule has 7 nitrogen and oxygen atoms in total. The predicted octanol–water partition coefficient (Wildman–Crippen LogP) is 4.60. The molecule has 3 aromatic rings. The number of hydrogen-bond donors (Lipinski definition) is 1. The summed E-state index contributed by atoms with van der Waals surface area (Å²) in [6.45, 7) is 4.21. The molecule has 3 rings (SSSR count). The number of amides is 2. The maximum absolute atomic E-state index is 13.8. The average Bonchev–Trinajstić information content (AvgIpc) is 2.91. The van der Waals surface area contributed by atoms with Gasteiger partial charge in [0.05, 0.1) is 11.9 Å². The lowest BCUT2D eigenvalue weighted by Gasteiger charge is -2.32. The van der Waals surface area contributed by atoms with E-state index in [1.807, 2.05) is 68.4 Å². The number of carbonyl (C=O) groups excluding carboxylic acids is 2. The minimum atomic E-state index is -3.84. The fourth-order valence-corrected chi connectivity index (χ4v) is 5.42. The lowest BCUT2D eigenvalue weighted by atomic mass is 10.0. The van der Waals surface area contributed by atoms with Crippen molar-refractivity contribution in [1.29, 1.82) is 0 Å². The highest BCUT2D eigenvalue weighted by Crippen LogP contribution is 2.22. The van der Waals surface area contributed by atoms with Gasteiger partial charge >= 0.3 is 0 Å². The van der Waals surface area contributed by atoms with Gasteiger partial charge in [-0.3, -0.25) is 13.9 Å². The highest BCUT2D eigenvalue weighted by molar-refractivity contribution is 7.92. The Bertz CT molecular complexity index is 1420. The summed E-state index contributed by atoms with van der Waals surface area (Å²) in [4.78, 5) is 28.5. The van der Waals surface area contributed by atoms with Crippen molar-refractivity contribution in [2.45, 2.75) is 45.7 Å². The Morgan fingerprint density at radius 2 is 1.62 bits per heavy atom. The summed E-state index contributed by atoms with van der Waals surface area (Å²) in [5.74, 6) is -2.87. The van der Waals surface area contributed by atoms with Crippen LogP contribution in [-0.4, -0.2) is 50.5 Å². The van der Waals surface area contributed by atoms with E-state index in [2.05, 4.69) is 5.32 Å². The van der Waals surface area contributed by atoms with Gasteiger partial charge in [0.25, 0.3) is 0 Å². The van der Waals surface area contributed by atoms with Crippen molar-refractivity contribution in [3.05, 3.63) is 101 Å². The van der Waals surface area contributed by atoms with Gasteiger partial charge in [0.1, 0.15) is 6.04 Å². The van der Waals surface area contributed by atoms with E-state index in [-0.39, 0.29) is 43.4 Å². The average molecular weight is 572 g/mol. The van der Waals surface area contributed by atoms with Gasteiger partial charge in [0, 0.05) is 38.5 Å². The van der Waals surface area contributed by atoms with E-state index in [0.717, 1.165) is 39.4 Å². The van der Waals surface area contributed by atoms with Crippen LogP contribution in [0.2, 0.25) is 0 Å². The fourth-order valence-electron chi connectivity index (χ4n) is 4.46. The van der Waals surface area contributed by atoms with Crippen LogP contribution in [0, 0.1) is 18.6 Å². The topological polar surface area (TPSA) is 86.8 Å². The quantitative estimate of drug-likeness (QED) is 0.325. The smallest absolute Gasteiger partial charge is 0.243 e. The first-order chi connectivity index (χ1) is 19.0. The number of halogens is 2. The molecule has 2 amide bonds. The van der Waals surface area contributed by atoms with Crippen LogP contribution in [0.15, 0.2) is 72.8 Å². The Balaban J connectivity index is 1.87. The summed E-state index contributed by atoms with van der Waals surface area (Å²) in [5, 5.41) is 2.84. The number of aryl methyl sites for hydroxylation is 1. The molecule has 0 bridgehead atoms. The van der Waals surface area contributed by atoms with Crippen LogP contribution < -0.4 is 9.62 Å². The highest BCUT2D eigenvalue weighted by Gasteiger charge is 2.30. The lowest BCUT2D eigenvalue weighted by Crippen LogP contribution is -2.50. The second kappa shape index (κ2) is 14.0. The second-order valence-electron chi connectivity index (χ2n) is 9.59. The number of carbonyl (C=O) groups is 2. The monoisotopic (exact) mass is 571 g/mol. The zero-order valence-electron chi connectivity index (χ0n) is 22.9. The third-order valence-electron chi connectivity index (χ3n) is 6.57. The summed E-state index contributed by atoms with van der Waals surface area (Å²) >= 11 is 0. The molecule has 0 radical (unpaired) electrons. The summed E-state index contributed by atoms with van der Waals surface area (Å²) < 4.78 is 53.1. The van der Waals surface area contributed by atoms with Gasteiger partial charge in [-0.15, -0.1) is 0 Å². The van der Waals surface area contributed by atoms with Crippen LogP contribution in [0.4, 0.5) is 14.5 Å². The van der Waals surface area contributed by atoms with Crippen molar-refractivity contribution in [1.82, 2.24) is 10.2 Å². The van der Waals surface area contributed by atoms with Crippen molar-refractivity contribution in [2.75, 3.05) is 23.7 Å². The molecule has 1 N–H and O–H groups in total. The Hall–Kier alpha value is -3.79. The first kappa shape index (κ1) is 30.7. The molecule has 0 aromatic heterocycles. The summed E-state index contributed by atoms with van der Waals surface area (Å²) in [6, 6.07) is 19.1. The Morgan fingerprint density at radius 3 is 2.25 bits per heavy atom. The number of sulfonamides is 1. The SMILES string of the molecule is CCNC(=O)C(Cc1ccccc1)N(Cc1ccccc1C)C(=O)CCCN(c1ccc(F)c(F)c1)S(C)(=O)=O. The Morgan fingerprint density at radius 1 is 0.950 bits per heavy atom. The lowest BCUT2D eigenvalue weighted by molar-refractivity contribution is -0.141. The van der Waals surface area contributed by atoms with Crippen LogP contribution in [0.3, 0.4) is 0 Å². The molecular formula is C30H35F2N3O4S. The zero-order chi connectivity index (χ0) is 29.3. The van der Waals surface area contributed by atoms with Gasteiger partial charge in [0.15, 0.2) is 11.6 Å². The number of rotatable bonds is 13. The molecule has 0 saturated heterocycles. The maximum atomic E-state index is 13.8. The third kappa shape index (κ3) is 8.35. The van der Waals surface area contributed by atoms with Crippen LogP contribution >= 0.6 is 0 Å². The van der Waals surface area contributed by atoms with Gasteiger partial charge in [-0.1, -0.05) is 54.6 Å². The number of likely N-dealkylation sites (N-methyl/N-ethyl adjacent to an activating group) is 1.